The summed E-state index contributed by atoms with van der Waals surface area (Å²) >= 11 is 0. The van der Waals surface area contributed by atoms with E-state index in [4.69, 9.17) is 4.74 Å². The molecule has 3 amide bonds. The van der Waals surface area contributed by atoms with Crippen LogP contribution in [-0.2, 0) is 30.4 Å². The predicted molar refractivity (Wildman–Crippen MR) is 121 cm³/mol. The lowest BCUT2D eigenvalue weighted by atomic mass is 10.0. The van der Waals surface area contributed by atoms with Gasteiger partial charge >= 0.3 is 18.0 Å². The van der Waals surface area contributed by atoms with E-state index in [0.717, 1.165) is 10.5 Å². The number of carbonyl (C=O) groups excluding carboxylic acids is 3. The van der Waals surface area contributed by atoms with Crippen molar-refractivity contribution in [3.05, 3.63) is 46.0 Å². The zero-order valence-electron chi connectivity index (χ0n) is 19.6. The van der Waals surface area contributed by atoms with Crippen molar-refractivity contribution in [2.75, 3.05) is 26.8 Å². The van der Waals surface area contributed by atoms with E-state index in [2.05, 4.69) is 10.2 Å². The topological polar surface area (TPSA) is 169 Å². The van der Waals surface area contributed by atoms with Gasteiger partial charge in [-0.05, 0) is 38.2 Å². The van der Waals surface area contributed by atoms with Gasteiger partial charge in [0.15, 0.2) is 6.04 Å². The third-order valence-electron chi connectivity index (χ3n) is 5.46. The molecule has 0 bridgehead atoms. The molecule has 1 aliphatic rings. The summed E-state index contributed by atoms with van der Waals surface area (Å²) in [7, 11) is 1.43. The molecule has 0 spiro atoms. The number of esters is 1. The van der Waals surface area contributed by atoms with E-state index < -0.39 is 47.1 Å². The van der Waals surface area contributed by atoms with Crippen LogP contribution in [0.4, 0.5) is 4.79 Å². The first-order chi connectivity index (χ1) is 16.6. The highest BCUT2D eigenvalue weighted by molar-refractivity contribution is 6.03. The number of benzene rings is 1. The number of imide groups is 1. The molecule has 0 radical (unpaired) electrons. The number of ether oxygens (including phenoxy) is 1. The summed E-state index contributed by atoms with van der Waals surface area (Å²) in [6.45, 7) is 1.16. The number of nitrogens with zero attached hydrogens (tertiary/aromatic N) is 3. The van der Waals surface area contributed by atoms with E-state index in [1.165, 1.54) is 18.9 Å². The monoisotopic (exact) mass is 494 g/mol. The molecule has 13 nitrogen and oxygen atoms in total. The Morgan fingerprint density at radius 2 is 1.89 bits per heavy atom. The maximum Gasteiger partial charge on any atom is 0.331 e. The zero-order valence-corrected chi connectivity index (χ0v) is 19.6. The average molecular weight is 495 g/mol. The number of rotatable bonds is 14. The van der Waals surface area contributed by atoms with Gasteiger partial charge in [0.05, 0.1) is 25.8 Å². The molecular weight excluding hydrogens is 464 g/mol. The maximum atomic E-state index is 13.1. The Morgan fingerprint density at radius 1 is 1.23 bits per heavy atom. The first-order valence-corrected chi connectivity index (χ1v) is 11.2. The van der Waals surface area contributed by atoms with E-state index in [0.29, 0.717) is 12.8 Å². The molecule has 35 heavy (non-hydrogen) atoms. The van der Waals surface area contributed by atoms with Crippen LogP contribution < -0.4 is 5.32 Å². The molecule has 1 heterocycles. The van der Waals surface area contributed by atoms with Crippen molar-refractivity contribution in [1.29, 1.82) is 0 Å². The molecule has 0 aromatic heterocycles. The van der Waals surface area contributed by atoms with Gasteiger partial charge in [-0.3, -0.25) is 14.9 Å². The van der Waals surface area contributed by atoms with Gasteiger partial charge in [-0.25, -0.2) is 14.5 Å². The fraction of sp³-hybridized carbons (Fsp3) is 0.545. The van der Waals surface area contributed by atoms with Crippen molar-refractivity contribution >= 4 is 23.9 Å². The second kappa shape index (κ2) is 13.2. The van der Waals surface area contributed by atoms with E-state index in [1.54, 1.807) is 0 Å². The minimum absolute atomic E-state index is 0.0648. The van der Waals surface area contributed by atoms with E-state index in [1.807, 2.05) is 30.3 Å². The molecule has 1 aromatic carbocycles. The summed E-state index contributed by atoms with van der Waals surface area (Å²) in [5.74, 6) is -2.67. The number of hydrogen-bond acceptors (Lipinski definition) is 9. The van der Waals surface area contributed by atoms with Gasteiger partial charge in [0.25, 0.3) is 5.09 Å². The van der Waals surface area contributed by atoms with Crippen LogP contribution in [0.1, 0.15) is 31.7 Å². The summed E-state index contributed by atoms with van der Waals surface area (Å²) in [6, 6.07) is 5.31. The summed E-state index contributed by atoms with van der Waals surface area (Å²) in [6.07, 6.45) is 1.26. The molecule has 1 aliphatic heterocycles. The van der Waals surface area contributed by atoms with Gasteiger partial charge in [-0.15, -0.1) is 10.1 Å². The number of carboxylic acid groups (broad SMARTS) is 1. The molecule has 1 fully saturated rings. The summed E-state index contributed by atoms with van der Waals surface area (Å²) in [4.78, 5) is 66.2. The molecular formula is C22H30N4O9. The first-order valence-electron chi connectivity index (χ1n) is 11.2. The lowest BCUT2D eigenvalue weighted by Crippen LogP contribution is -2.54. The summed E-state index contributed by atoms with van der Waals surface area (Å²) in [5.41, 5.74) is 0.948. The fourth-order valence-corrected chi connectivity index (χ4v) is 3.59. The first kappa shape index (κ1) is 27.5. The maximum absolute atomic E-state index is 13.1. The molecule has 3 atom stereocenters. The van der Waals surface area contributed by atoms with Crippen LogP contribution in [0.15, 0.2) is 30.3 Å². The molecule has 192 valence electrons. The van der Waals surface area contributed by atoms with Crippen LogP contribution in [0.2, 0.25) is 0 Å². The predicted octanol–water partition coefficient (Wildman–Crippen LogP) is 0.845. The van der Waals surface area contributed by atoms with Gasteiger partial charge in [0, 0.05) is 7.05 Å². The van der Waals surface area contributed by atoms with Gasteiger partial charge in [-0.1, -0.05) is 30.3 Å². The molecule has 0 saturated carbocycles. The highest BCUT2D eigenvalue weighted by Gasteiger charge is 2.46. The number of hydrogen-bond donors (Lipinski definition) is 2. The minimum atomic E-state index is -1.19. The number of aryl methyl sites for hydroxylation is 1. The number of likely N-dealkylation sites (N-methyl/N-ethyl adjacent to an activating group) is 1. The Kier molecular flexibility index (Phi) is 10.4. The van der Waals surface area contributed by atoms with Crippen molar-refractivity contribution in [2.24, 2.45) is 0 Å². The van der Waals surface area contributed by atoms with Crippen LogP contribution >= 0.6 is 0 Å². The van der Waals surface area contributed by atoms with Crippen LogP contribution in [-0.4, -0.2) is 88.8 Å². The number of amides is 3. The van der Waals surface area contributed by atoms with Gasteiger partial charge in [-0.2, -0.15) is 0 Å². The Bertz CT molecular complexity index is 911. The van der Waals surface area contributed by atoms with Crippen LogP contribution in [0.3, 0.4) is 0 Å². The van der Waals surface area contributed by atoms with Crippen LogP contribution in [0, 0.1) is 10.1 Å². The molecule has 1 saturated heterocycles. The lowest BCUT2D eigenvalue weighted by Gasteiger charge is -2.26. The van der Waals surface area contributed by atoms with Gasteiger partial charge in [0.1, 0.15) is 6.04 Å². The number of unbranched alkanes of at least 4 members (excludes halogenated alkanes) is 1. The Hall–Kier alpha value is -3.74. The molecule has 3 unspecified atom stereocenters. The zero-order chi connectivity index (χ0) is 26.0. The number of carbonyl (C=O) groups is 4. The van der Waals surface area contributed by atoms with Crippen molar-refractivity contribution < 1.29 is 38.9 Å². The smallest absolute Gasteiger partial charge is 0.331 e. The lowest BCUT2D eigenvalue weighted by molar-refractivity contribution is -0.757. The number of aliphatic carboxylic acids is 1. The quantitative estimate of drug-likeness (QED) is 0.164. The van der Waals surface area contributed by atoms with Crippen molar-refractivity contribution in [1.82, 2.24) is 15.1 Å². The van der Waals surface area contributed by atoms with E-state index >= 15 is 0 Å². The van der Waals surface area contributed by atoms with Gasteiger partial charge in [0.2, 0.25) is 5.91 Å². The number of urea groups is 1. The molecule has 1 aromatic rings. The Labute approximate surface area is 202 Å². The number of carboxylic acids is 1. The highest BCUT2D eigenvalue weighted by atomic mass is 16.9. The SMILES string of the molecule is CC(NC(CCc1ccccc1)C(=O)O)C(=O)N1C(=O)N(C)CC1C(=O)OCCCCO[N+](=O)[O-]. The Morgan fingerprint density at radius 3 is 2.51 bits per heavy atom. The second-order valence-electron chi connectivity index (χ2n) is 8.12. The third-order valence-corrected chi connectivity index (χ3v) is 5.46. The molecule has 13 heteroatoms. The minimum Gasteiger partial charge on any atom is -0.480 e. The van der Waals surface area contributed by atoms with Crippen molar-refractivity contribution in [2.45, 2.75) is 50.7 Å². The van der Waals surface area contributed by atoms with E-state index in [9.17, 15) is 34.4 Å². The normalized spacial score (nSPS) is 17.1. The van der Waals surface area contributed by atoms with Crippen molar-refractivity contribution in [3.63, 3.8) is 0 Å². The second-order valence-corrected chi connectivity index (χ2v) is 8.12. The third kappa shape index (κ3) is 8.21. The van der Waals surface area contributed by atoms with Crippen molar-refractivity contribution in [3.8, 4) is 0 Å². The van der Waals surface area contributed by atoms with Crippen LogP contribution in [0.5, 0.6) is 0 Å². The number of nitrogens with one attached hydrogen (secondary N) is 1. The highest BCUT2D eigenvalue weighted by Crippen LogP contribution is 2.18. The Balaban J connectivity index is 1.95. The molecule has 2 N–H and O–H groups in total. The molecule has 2 rings (SSSR count). The average Bonchev–Trinajstić information content (AvgIpc) is 3.12. The van der Waals surface area contributed by atoms with Crippen LogP contribution in [0.25, 0.3) is 0 Å². The summed E-state index contributed by atoms with van der Waals surface area (Å²) in [5, 5.41) is 21.5. The largest absolute Gasteiger partial charge is 0.480 e. The standard InChI is InChI=1S/C22H30N4O9/c1-15(23-17(20(28)29)11-10-16-8-4-3-5-9-16)19(27)25-18(14-24(2)22(25)31)21(30)34-12-6-7-13-35-26(32)33/h3-5,8-9,15,17-18,23H,6-7,10-14H2,1-2H3,(H,28,29). The molecule has 0 aliphatic carbocycles. The van der Waals surface area contributed by atoms with E-state index in [-0.39, 0.29) is 32.6 Å². The van der Waals surface area contributed by atoms with Gasteiger partial charge < -0.3 is 19.6 Å². The summed E-state index contributed by atoms with van der Waals surface area (Å²) < 4.78 is 5.15. The fourth-order valence-electron chi connectivity index (χ4n) is 3.59.